The van der Waals surface area contributed by atoms with Gasteiger partial charge in [-0.1, -0.05) is 13.8 Å². The zero-order chi connectivity index (χ0) is 14.3. The van der Waals surface area contributed by atoms with Crippen LogP contribution in [0.25, 0.3) is 0 Å². The van der Waals surface area contributed by atoms with Crippen molar-refractivity contribution in [3.05, 3.63) is 11.9 Å². The van der Waals surface area contributed by atoms with Crippen LogP contribution < -0.4 is 14.8 Å². The first kappa shape index (κ1) is 15.7. The Kier molecular flexibility index (Phi) is 6.52. The Morgan fingerprint density at radius 2 is 1.68 bits per heavy atom. The van der Waals surface area contributed by atoms with E-state index in [9.17, 15) is 0 Å². The summed E-state index contributed by atoms with van der Waals surface area (Å²) in [6.07, 6.45) is 1.43. The van der Waals surface area contributed by atoms with Crippen molar-refractivity contribution in [2.24, 2.45) is 5.92 Å². The molecule has 1 rings (SSSR count). The van der Waals surface area contributed by atoms with Crippen molar-refractivity contribution in [1.29, 1.82) is 0 Å². The maximum Gasteiger partial charge on any atom is 0.224 e. The van der Waals surface area contributed by atoms with Crippen molar-refractivity contribution in [3.63, 3.8) is 0 Å². The van der Waals surface area contributed by atoms with Gasteiger partial charge in [-0.2, -0.15) is 0 Å². The summed E-state index contributed by atoms with van der Waals surface area (Å²) in [6.45, 7) is 5.51. The van der Waals surface area contributed by atoms with Gasteiger partial charge in [0.05, 0.1) is 26.4 Å². The molecule has 0 saturated carbocycles. The van der Waals surface area contributed by atoms with Crippen LogP contribution in [0.5, 0.6) is 11.8 Å². The van der Waals surface area contributed by atoms with Crippen molar-refractivity contribution in [3.8, 4) is 11.8 Å². The second-order valence-electron chi connectivity index (χ2n) is 4.56. The van der Waals surface area contributed by atoms with E-state index in [1.165, 1.54) is 6.33 Å². The van der Waals surface area contributed by atoms with Crippen LogP contribution in [0.3, 0.4) is 0 Å². The third-order valence-electron chi connectivity index (χ3n) is 2.94. The van der Waals surface area contributed by atoms with Crippen LogP contribution in [0.1, 0.15) is 19.4 Å². The highest BCUT2D eigenvalue weighted by Crippen LogP contribution is 2.23. The van der Waals surface area contributed by atoms with E-state index in [0.717, 1.165) is 5.56 Å². The number of aromatic nitrogens is 2. The quantitative estimate of drug-likeness (QED) is 0.766. The van der Waals surface area contributed by atoms with Crippen LogP contribution in [0, 0.1) is 5.92 Å². The van der Waals surface area contributed by atoms with E-state index in [4.69, 9.17) is 14.2 Å². The first-order valence-electron chi connectivity index (χ1n) is 6.28. The van der Waals surface area contributed by atoms with Crippen LogP contribution in [0.2, 0.25) is 0 Å². The molecule has 1 N–H and O–H groups in total. The van der Waals surface area contributed by atoms with E-state index < -0.39 is 0 Å². The molecule has 0 aliphatic rings. The highest BCUT2D eigenvalue weighted by molar-refractivity contribution is 5.34. The van der Waals surface area contributed by atoms with E-state index in [1.54, 1.807) is 21.3 Å². The van der Waals surface area contributed by atoms with Gasteiger partial charge in [-0.05, 0) is 5.92 Å². The second-order valence-corrected chi connectivity index (χ2v) is 4.56. The zero-order valence-electron chi connectivity index (χ0n) is 12.3. The Morgan fingerprint density at radius 3 is 2.11 bits per heavy atom. The fraction of sp³-hybridized carbons (Fsp3) is 0.692. The SMILES string of the molecule is COCC(NCc1c(OC)ncnc1OC)C(C)C. The van der Waals surface area contributed by atoms with Gasteiger partial charge in [-0.3, -0.25) is 0 Å². The van der Waals surface area contributed by atoms with Gasteiger partial charge < -0.3 is 19.5 Å². The first-order chi connectivity index (χ1) is 9.13. The highest BCUT2D eigenvalue weighted by Gasteiger charge is 2.17. The van der Waals surface area contributed by atoms with Crippen molar-refractivity contribution >= 4 is 0 Å². The monoisotopic (exact) mass is 269 g/mol. The van der Waals surface area contributed by atoms with E-state index in [2.05, 4.69) is 29.1 Å². The van der Waals surface area contributed by atoms with E-state index in [0.29, 0.717) is 30.8 Å². The lowest BCUT2D eigenvalue weighted by molar-refractivity contribution is 0.146. The molecule has 0 radical (unpaired) electrons. The van der Waals surface area contributed by atoms with Crippen molar-refractivity contribution in [2.45, 2.75) is 26.4 Å². The minimum Gasteiger partial charge on any atom is -0.481 e. The van der Waals surface area contributed by atoms with Gasteiger partial charge in [0.25, 0.3) is 0 Å². The molecule has 0 aromatic carbocycles. The molecule has 1 aromatic heterocycles. The number of hydrogen-bond acceptors (Lipinski definition) is 6. The van der Waals surface area contributed by atoms with E-state index >= 15 is 0 Å². The lowest BCUT2D eigenvalue weighted by atomic mass is 10.1. The van der Waals surface area contributed by atoms with Crippen molar-refractivity contribution in [2.75, 3.05) is 27.9 Å². The first-order valence-corrected chi connectivity index (χ1v) is 6.28. The third-order valence-corrected chi connectivity index (χ3v) is 2.94. The molecule has 1 heterocycles. The molecular formula is C13H23N3O3. The molecule has 0 amide bonds. The Labute approximate surface area is 114 Å². The predicted octanol–water partition coefficient (Wildman–Crippen LogP) is 1.25. The van der Waals surface area contributed by atoms with Gasteiger partial charge in [-0.25, -0.2) is 9.97 Å². The topological polar surface area (TPSA) is 65.5 Å². The standard InChI is InChI=1S/C13H23N3O3/c1-9(2)11(7-17-3)14-6-10-12(18-4)15-8-16-13(10)19-5/h8-9,11,14H,6-7H2,1-5H3. The fourth-order valence-corrected chi connectivity index (χ4v) is 1.78. The van der Waals surface area contributed by atoms with Crippen LogP contribution >= 0.6 is 0 Å². The Balaban J connectivity index is 2.80. The maximum atomic E-state index is 5.24. The van der Waals surface area contributed by atoms with Crippen LogP contribution in [0.4, 0.5) is 0 Å². The summed E-state index contributed by atoms with van der Waals surface area (Å²) in [5.74, 6) is 1.51. The smallest absolute Gasteiger partial charge is 0.224 e. The number of hydrogen-bond donors (Lipinski definition) is 1. The summed E-state index contributed by atoms with van der Waals surface area (Å²) in [5, 5.41) is 3.42. The molecule has 0 spiro atoms. The molecule has 1 atom stereocenters. The Morgan fingerprint density at radius 1 is 1.11 bits per heavy atom. The third kappa shape index (κ3) is 4.33. The molecule has 0 aliphatic heterocycles. The number of ether oxygens (including phenoxy) is 3. The average molecular weight is 269 g/mol. The summed E-state index contributed by atoms with van der Waals surface area (Å²) in [4.78, 5) is 8.18. The van der Waals surface area contributed by atoms with Gasteiger partial charge in [-0.15, -0.1) is 0 Å². The average Bonchev–Trinajstić information content (AvgIpc) is 2.42. The van der Waals surface area contributed by atoms with Gasteiger partial charge in [0.2, 0.25) is 11.8 Å². The van der Waals surface area contributed by atoms with Crippen molar-refractivity contribution in [1.82, 2.24) is 15.3 Å². The van der Waals surface area contributed by atoms with Crippen LogP contribution in [-0.2, 0) is 11.3 Å². The molecule has 6 nitrogen and oxygen atoms in total. The van der Waals surface area contributed by atoms with Crippen molar-refractivity contribution < 1.29 is 14.2 Å². The number of methoxy groups -OCH3 is 3. The Hall–Kier alpha value is -1.40. The van der Waals surface area contributed by atoms with Crippen LogP contribution in [0.15, 0.2) is 6.33 Å². The van der Waals surface area contributed by atoms with Gasteiger partial charge in [0.1, 0.15) is 6.33 Å². The summed E-state index contributed by atoms with van der Waals surface area (Å²) in [7, 11) is 4.87. The highest BCUT2D eigenvalue weighted by atomic mass is 16.5. The minimum atomic E-state index is 0.250. The number of rotatable bonds is 8. The predicted molar refractivity (Wildman–Crippen MR) is 72.5 cm³/mol. The fourth-order valence-electron chi connectivity index (χ4n) is 1.78. The van der Waals surface area contributed by atoms with Gasteiger partial charge >= 0.3 is 0 Å². The minimum absolute atomic E-state index is 0.250. The van der Waals surface area contributed by atoms with Gasteiger partial charge in [0, 0.05) is 19.7 Å². The summed E-state index contributed by atoms with van der Waals surface area (Å²) in [5.41, 5.74) is 0.814. The molecule has 6 heteroatoms. The lowest BCUT2D eigenvalue weighted by Gasteiger charge is -2.22. The molecule has 0 fully saturated rings. The summed E-state index contributed by atoms with van der Waals surface area (Å²) >= 11 is 0. The molecule has 0 saturated heterocycles. The lowest BCUT2D eigenvalue weighted by Crippen LogP contribution is -2.37. The summed E-state index contributed by atoms with van der Waals surface area (Å²) in [6, 6.07) is 0.250. The van der Waals surface area contributed by atoms with Crippen LogP contribution in [-0.4, -0.2) is 43.9 Å². The molecule has 108 valence electrons. The van der Waals surface area contributed by atoms with Gasteiger partial charge in [0.15, 0.2) is 0 Å². The number of nitrogens with zero attached hydrogens (tertiary/aromatic N) is 2. The molecule has 1 unspecified atom stereocenters. The molecule has 1 aromatic rings. The maximum absolute atomic E-state index is 5.24. The number of nitrogens with one attached hydrogen (secondary N) is 1. The Bertz CT molecular complexity index is 363. The molecule has 0 aliphatic carbocycles. The van der Waals surface area contributed by atoms with E-state index in [1.807, 2.05) is 0 Å². The summed E-state index contributed by atoms with van der Waals surface area (Å²) < 4.78 is 15.7. The molecule has 0 bridgehead atoms. The largest absolute Gasteiger partial charge is 0.481 e. The zero-order valence-corrected chi connectivity index (χ0v) is 12.3. The second kappa shape index (κ2) is 7.91. The molecular weight excluding hydrogens is 246 g/mol. The molecule has 19 heavy (non-hydrogen) atoms. The normalized spacial score (nSPS) is 12.5. The van der Waals surface area contributed by atoms with E-state index in [-0.39, 0.29) is 6.04 Å².